The third kappa shape index (κ3) is 3.49. The Hall–Kier alpha value is -3.43. The highest BCUT2D eigenvalue weighted by molar-refractivity contribution is 7.12. The molecule has 0 bridgehead atoms. The molecule has 0 saturated carbocycles. The molecule has 1 amide bonds. The van der Waals surface area contributed by atoms with Gasteiger partial charge >= 0.3 is 0 Å². The maximum absolute atomic E-state index is 12.9. The van der Waals surface area contributed by atoms with Gasteiger partial charge in [-0.1, -0.05) is 12.1 Å². The maximum atomic E-state index is 12.9. The number of carbonyl (C=O) groups is 1. The van der Waals surface area contributed by atoms with Crippen molar-refractivity contribution in [3.05, 3.63) is 59.9 Å². The van der Waals surface area contributed by atoms with Crippen molar-refractivity contribution in [2.45, 2.75) is 0 Å². The number of nitrogen functional groups attached to an aromatic ring is 1. The molecular weight excluding hydrogens is 398 g/mol. The number of hydrogen-bond donors (Lipinski definition) is 3. The Morgan fingerprint density at radius 1 is 1.20 bits per heavy atom. The van der Waals surface area contributed by atoms with Crippen LogP contribution >= 0.6 is 11.3 Å². The zero-order valence-corrected chi connectivity index (χ0v) is 17.0. The molecule has 4 heterocycles. The molecule has 5 rings (SSSR count). The Balaban J connectivity index is 1.39. The number of fused-ring (bicyclic) bond motifs is 1. The van der Waals surface area contributed by atoms with Gasteiger partial charge < -0.3 is 21.3 Å². The lowest BCUT2D eigenvalue weighted by molar-refractivity contribution is 0.102. The first-order valence-corrected chi connectivity index (χ1v) is 10.6. The number of benzene rings is 1. The van der Waals surface area contributed by atoms with Crippen LogP contribution < -0.4 is 21.3 Å². The van der Waals surface area contributed by atoms with Crippen LogP contribution in [0.2, 0.25) is 0 Å². The first-order valence-electron chi connectivity index (χ1n) is 9.73. The predicted octanol–water partition coefficient (Wildman–Crippen LogP) is 2.73. The molecule has 0 unspecified atom stereocenters. The summed E-state index contributed by atoms with van der Waals surface area (Å²) in [5, 5.41) is 9.76. The number of nitrogens with two attached hydrogens (primary N) is 1. The Kier molecular flexibility index (Phi) is 4.82. The van der Waals surface area contributed by atoms with E-state index in [9.17, 15) is 4.79 Å². The molecule has 1 aromatic carbocycles. The van der Waals surface area contributed by atoms with E-state index in [2.05, 4.69) is 25.5 Å². The maximum Gasteiger partial charge on any atom is 0.275 e. The van der Waals surface area contributed by atoms with Crippen LogP contribution in [0.5, 0.6) is 0 Å². The highest BCUT2D eigenvalue weighted by atomic mass is 32.1. The van der Waals surface area contributed by atoms with Gasteiger partial charge in [0.05, 0.1) is 23.3 Å². The van der Waals surface area contributed by atoms with Gasteiger partial charge in [0.15, 0.2) is 5.13 Å². The largest absolute Gasteiger partial charge is 0.397 e. The summed E-state index contributed by atoms with van der Waals surface area (Å²) >= 11 is 1.40. The number of hydrogen-bond acceptors (Lipinski definition) is 7. The number of carbonyl (C=O) groups excluding carboxylic acids is 1. The summed E-state index contributed by atoms with van der Waals surface area (Å²) in [4.78, 5) is 24.1. The van der Waals surface area contributed by atoms with Crippen LogP contribution in [0.15, 0.2) is 54.2 Å². The van der Waals surface area contributed by atoms with Gasteiger partial charge in [0, 0.05) is 43.1 Å². The first-order chi connectivity index (χ1) is 14.7. The zero-order chi connectivity index (χ0) is 20.5. The van der Waals surface area contributed by atoms with Crippen molar-refractivity contribution in [1.82, 2.24) is 19.9 Å². The summed E-state index contributed by atoms with van der Waals surface area (Å²) in [5.41, 5.74) is 9.38. The average Bonchev–Trinajstić information content (AvgIpc) is 3.41. The van der Waals surface area contributed by atoms with Gasteiger partial charge in [-0.05, 0) is 24.3 Å². The van der Waals surface area contributed by atoms with Crippen LogP contribution in [-0.2, 0) is 0 Å². The number of nitrogens with zero attached hydrogens (tertiary/aromatic N) is 4. The summed E-state index contributed by atoms with van der Waals surface area (Å²) in [7, 11) is 0. The van der Waals surface area contributed by atoms with Crippen LogP contribution in [0, 0.1) is 0 Å². The Bertz CT molecular complexity index is 1210. The van der Waals surface area contributed by atoms with E-state index >= 15 is 0 Å². The van der Waals surface area contributed by atoms with E-state index in [1.54, 1.807) is 11.6 Å². The van der Waals surface area contributed by atoms with Crippen LogP contribution in [0.25, 0.3) is 16.2 Å². The predicted molar refractivity (Wildman–Crippen MR) is 121 cm³/mol. The van der Waals surface area contributed by atoms with Gasteiger partial charge in [-0.2, -0.15) is 0 Å². The SMILES string of the molecule is Nc1cnc2c(ccn2-c2nc(C(=O)Nc3ccccc3N3CCNCC3)cs2)c1. The molecule has 30 heavy (non-hydrogen) atoms. The van der Waals surface area contributed by atoms with Crippen molar-refractivity contribution in [1.29, 1.82) is 0 Å². The Morgan fingerprint density at radius 3 is 2.90 bits per heavy atom. The molecule has 3 aromatic heterocycles. The standard InChI is InChI=1S/C21H21N7OS/c22-15-11-14-5-8-28(19(14)24-12-15)21-26-17(13-30-21)20(29)25-16-3-1-2-4-18(16)27-9-6-23-7-10-27/h1-5,8,11-13,23H,6-7,9-10,22H2,(H,25,29). The zero-order valence-electron chi connectivity index (χ0n) is 16.2. The molecule has 1 aliphatic heterocycles. The summed E-state index contributed by atoms with van der Waals surface area (Å²) in [6.45, 7) is 3.68. The molecule has 4 aromatic rings. The number of amides is 1. The third-order valence-corrected chi connectivity index (χ3v) is 5.93. The lowest BCUT2D eigenvalue weighted by Crippen LogP contribution is -2.43. The quantitative estimate of drug-likeness (QED) is 0.470. The van der Waals surface area contributed by atoms with E-state index in [-0.39, 0.29) is 5.91 Å². The molecular formula is C21H21N7OS. The minimum Gasteiger partial charge on any atom is -0.397 e. The lowest BCUT2D eigenvalue weighted by atomic mass is 10.2. The number of nitrogens with one attached hydrogen (secondary N) is 2. The second-order valence-corrected chi connectivity index (χ2v) is 7.93. The summed E-state index contributed by atoms with van der Waals surface area (Å²) in [6.07, 6.45) is 3.50. The van der Waals surface area contributed by atoms with Crippen LogP contribution in [0.3, 0.4) is 0 Å². The second kappa shape index (κ2) is 7.77. The molecule has 152 valence electrons. The number of piperazine rings is 1. The van der Waals surface area contributed by atoms with Gasteiger partial charge in [-0.25, -0.2) is 9.97 Å². The fraction of sp³-hybridized carbons (Fsp3) is 0.190. The van der Waals surface area contributed by atoms with Gasteiger partial charge in [0.25, 0.3) is 5.91 Å². The number of para-hydroxylation sites is 2. The molecule has 1 aliphatic rings. The normalized spacial score (nSPS) is 14.2. The van der Waals surface area contributed by atoms with E-state index in [0.29, 0.717) is 16.5 Å². The molecule has 0 radical (unpaired) electrons. The molecule has 1 saturated heterocycles. The summed E-state index contributed by atoms with van der Waals surface area (Å²) < 4.78 is 1.87. The molecule has 4 N–H and O–H groups in total. The van der Waals surface area contributed by atoms with Crippen molar-refractivity contribution >= 4 is 45.3 Å². The summed E-state index contributed by atoms with van der Waals surface area (Å²) in [5.74, 6) is -0.228. The number of pyridine rings is 1. The number of thiazole rings is 1. The molecule has 1 fully saturated rings. The van der Waals surface area contributed by atoms with E-state index in [0.717, 1.165) is 48.6 Å². The topological polar surface area (TPSA) is 101 Å². The molecule has 0 atom stereocenters. The van der Waals surface area contributed by atoms with Crippen LogP contribution in [-0.4, -0.2) is 46.6 Å². The number of aromatic nitrogens is 3. The third-order valence-electron chi connectivity index (χ3n) is 5.09. The van der Waals surface area contributed by atoms with Crippen molar-refractivity contribution < 1.29 is 4.79 Å². The van der Waals surface area contributed by atoms with E-state index < -0.39 is 0 Å². The van der Waals surface area contributed by atoms with Crippen molar-refractivity contribution in [2.75, 3.05) is 42.1 Å². The number of anilines is 3. The highest BCUT2D eigenvalue weighted by Crippen LogP contribution is 2.27. The smallest absolute Gasteiger partial charge is 0.275 e. The fourth-order valence-electron chi connectivity index (χ4n) is 3.62. The average molecular weight is 420 g/mol. The Labute approximate surface area is 177 Å². The molecule has 8 nitrogen and oxygen atoms in total. The van der Waals surface area contributed by atoms with Crippen LogP contribution in [0.4, 0.5) is 17.1 Å². The first kappa shape index (κ1) is 18.6. The lowest BCUT2D eigenvalue weighted by Gasteiger charge is -2.31. The number of rotatable bonds is 4. The van der Waals surface area contributed by atoms with E-state index in [4.69, 9.17) is 5.73 Å². The highest BCUT2D eigenvalue weighted by Gasteiger charge is 2.18. The van der Waals surface area contributed by atoms with Gasteiger partial charge in [0.2, 0.25) is 0 Å². The van der Waals surface area contributed by atoms with E-state index in [1.807, 2.05) is 47.2 Å². The minimum atomic E-state index is -0.228. The van der Waals surface area contributed by atoms with Crippen molar-refractivity contribution in [3.63, 3.8) is 0 Å². The molecule has 9 heteroatoms. The van der Waals surface area contributed by atoms with Gasteiger partial charge in [-0.3, -0.25) is 9.36 Å². The van der Waals surface area contributed by atoms with E-state index in [1.165, 1.54) is 11.3 Å². The van der Waals surface area contributed by atoms with Crippen molar-refractivity contribution in [2.24, 2.45) is 0 Å². The molecule has 0 spiro atoms. The second-order valence-electron chi connectivity index (χ2n) is 7.09. The summed E-state index contributed by atoms with van der Waals surface area (Å²) in [6, 6.07) is 11.7. The van der Waals surface area contributed by atoms with Gasteiger partial charge in [0.1, 0.15) is 11.3 Å². The Morgan fingerprint density at radius 2 is 2.03 bits per heavy atom. The molecule has 0 aliphatic carbocycles. The minimum absolute atomic E-state index is 0.228. The monoisotopic (exact) mass is 419 g/mol. The van der Waals surface area contributed by atoms with Gasteiger partial charge in [-0.15, -0.1) is 11.3 Å². The van der Waals surface area contributed by atoms with Crippen LogP contribution in [0.1, 0.15) is 10.5 Å². The fourth-order valence-corrected chi connectivity index (χ4v) is 4.41. The van der Waals surface area contributed by atoms with Crippen molar-refractivity contribution in [3.8, 4) is 5.13 Å².